The second-order valence-electron chi connectivity index (χ2n) is 5.25. The summed E-state index contributed by atoms with van der Waals surface area (Å²) in [5.74, 6) is 0. The highest BCUT2D eigenvalue weighted by molar-refractivity contribution is 7.15. The van der Waals surface area contributed by atoms with E-state index < -0.39 is 16.0 Å². The lowest BCUT2D eigenvalue weighted by Crippen LogP contribution is -2.46. The van der Waals surface area contributed by atoms with E-state index in [4.69, 9.17) is 0 Å². The molecular weight excluding hydrogens is 345 g/mol. The number of alkyl halides is 3. The van der Waals surface area contributed by atoms with Gasteiger partial charge >= 0.3 is 6.18 Å². The normalized spacial score (nSPS) is 15.6. The molecule has 3 rings (SSSR count). The van der Waals surface area contributed by atoms with Crippen molar-refractivity contribution in [3.63, 3.8) is 0 Å². The molecule has 1 aromatic heterocycles. The topological polar surface area (TPSA) is 62.5 Å². The maximum atomic E-state index is 12.6. The highest BCUT2D eigenvalue weighted by atomic mass is 32.1. The van der Waals surface area contributed by atoms with Crippen molar-refractivity contribution in [1.29, 1.82) is 0 Å². The van der Waals surface area contributed by atoms with Crippen molar-refractivity contribution < 1.29 is 18.1 Å². The molecule has 1 saturated heterocycles. The Kier molecular flexibility index (Phi) is 4.31. The van der Waals surface area contributed by atoms with Crippen LogP contribution in [0.5, 0.6) is 0 Å². The number of nitrogens with zero attached hydrogens (tertiary/aromatic N) is 4. The number of non-ortho nitro benzene ring substituents is 1. The van der Waals surface area contributed by atoms with Crippen molar-refractivity contribution >= 4 is 27.8 Å². The Labute approximate surface area is 139 Å². The van der Waals surface area contributed by atoms with Crippen molar-refractivity contribution in [2.45, 2.75) is 6.18 Å². The highest BCUT2D eigenvalue weighted by Crippen LogP contribution is 2.36. The summed E-state index contributed by atoms with van der Waals surface area (Å²) >= 11 is 0.645. The van der Waals surface area contributed by atoms with E-state index in [0.29, 0.717) is 42.6 Å². The Morgan fingerprint density at radius 1 is 1.08 bits per heavy atom. The number of piperazine rings is 1. The van der Waals surface area contributed by atoms with E-state index in [0.717, 1.165) is 11.9 Å². The van der Waals surface area contributed by atoms with Gasteiger partial charge in [-0.15, -0.1) is 0 Å². The van der Waals surface area contributed by atoms with E-state index in [9.17, 15) is 23.3 Å². The summed E-state index contributed by atoms with van der Waals surface area (Å²) in [6, 6.07) is 6.24. The van der Waals surface area contributed by atoms with Crippen molar-refractivity contribution in [1.82, 2.24) is 4.98 Å². The second-order valence-corrected chi connectivity index (χ2v) is 6.26. The van der Waals surface area contributed by atoms with Gasteiger partial charge < -0.3 is 9.80 Å². The van der Waals surface area contributed by atoms with Crippen molar-refractivity contribution in [2.75, 3.05) is 36.0 Å². The third-order valence-corrected chi connectivity index (χ3v) is 4.85. The first-order chi connectivity index (χ1) is 11.3. The van der Waals surface area contributed by atoms with Gasteiger partial charge in [-0.2, -0.15) is 13.2 Å². The van der Waals surface area contributed by atoms with Crippen LogP contribution in [0.15, 0.2) is 30.5 Å². The number of rotatable bonds is 3. The standard InChI is InChI=1S/C14H13F3N4O2S/c15-14(16,17)12-9-18-13(24-12)20-7-5-19(6-8-20)10-1-3-11(4-2-10)21(22)23/h1-4,9H,5-8H2. The van der Waals surface area contributed by atoms with Crippen LogP contribution in [0.25, 0.3) is 0 Å². The first kappa shape index (κ1) is 16.5. The lowest BCUT2D eigenvalue weighted by Gasteiger charge is -2.35. The Morgan fingerprint density at radius 2 is 1.67 bits per heavy atom. The van der Waals surface area contributed by atoms with Gasteiger partial charge in [-0.25, -0.2) is 4.98 Å². The zero-order valence-electron chi connectivity index (χ0n) is 12.4. The minimum atomic E-state index is -4.36. The molecule has 1 fully saturated rings. The molecule has 10 heteroatoms. The molecule has 24 heavy (non-hydrogen) atoms. The lowest BCUT2D eigenvalue weighted by molar-refractivity contribution is -0.384. The third kappa shape index (κ3) is 3.42. The molecule has 2 heterocycles. The molecule has 1 aliphatic rings. The molecule has 0 radical (unpaired) electrons. The monoisotopic (exact) mass is 358 g/mol. The van der Waals surface area contributed by atoms with Crippen molar-refractivity contribution in [3.8, 4) is 0 Å². The fraction of sp³-hybridized carbons (Fsp3) is 0.357. The molecular formula is C14H13F3N4O2S. The maximum absolute atomic E-state index is 12.6. The zero-order valence-corrected chi connectivity index (χ0v) is 13.2. The average Bonchev–Trinajstić information content (AvgIpc) is 3.05. The fourth-order valence-corrected chi connectivity index (χ4v) is 3.32. The van der Waals surface area contributed by atoms with E-state index in [1.807, 2.05) is 9.80 Å². The van der Waals surface area contributed by atoms with E-state index in [-0.39, 0.29) is 5.69 Å². The minimum Gasteiger partial charge on any atom is -0.368 e. The molecule has 0 unspecified atom stereocenters. The predicted octanol–water partition coefficient (Wildman–Crippen LogP) is 3.40. The Morgan fingerprint density at radius 3 is 2.17 bits per heavy atom. The number of thiazole rings is 1. The van der Waals surface area contributed by atoms with E-state index >= 15 is 0 Å². The molecule has 0 bridgehead atoms. The molecule has 0 saturated carbocycles. The number of hydrogen-bond donors (Lipinski definition) is 0. The maximum Gasteiger partial charge on any atom is 0.427 e. The van der Waals surface area contributed by atoms with Gasteiger partial charge in [0.15, 0.2) is 5.13 Å². The van der Waals surface area contributed by atoms with E-state index in [1.165, 1.54) is 12.1 Å². The Bertz CT molecular complexity index is 724. The van der Waals surface area contributed by atoms with E-state index in [2.05, 4.69) is 4.98 Å². The minimum absolute atomic E-state index is 0.0276. The molecule has 0 spiro atoms. The SMILES string of the molecule is O=[N+]([O-])c1ccc(N2CCN(c3ncc(C(F)(F)F)s3)CC2)cc1. The number of benzene rings is 1. The Hall–Kier alpha value is -2.36. The first-order valence-corrected chi connectivity index (χ1v) is 7.93. The van der Waals surface area contributed by atoms with Crippen LogP contribution < -0.4 is 9.80 Å². The highest BCUT2D eigenvalue weighted by Gasteiger charge is 2.34. The van der Waals surface area contributed by atoms with Gasteiger partial charge in [-0.3, -0.25) is 10.1 Å². The Balaban J connectivity index is 1.63. The van der Waals surface area contributed by atoms with Crippen LogP contribution in [-0.4, -0.2) is 36.1 Å². The predicted molar refractivity (Wildman–Crippen MR) is 84.6 cm³/mol. The molecule has 1 aromatic carbocycles. The van der Waals surface area contributed by atoms with Crippen LogP contribution in [0.2, 0.25) is 0 Å². The number of aromatic nitrogens is 1. The molecule has 6 nitrogen and oxygen atoms in total. The number of anilines is 2. The van der Waals surface area contributed by atoms with Gasteiger partial charge in [0, 0.05) is 44.0 Å². The molecule has 0 amide bonds. The largest absolute Gasteiger partial charge is 0.427 e. The van der Waals surface area contributed by atoms with Gasteiger partial charge in [0.25, 0.3) is 5.69 Å². The van der Waals surface area contributed by atoms with Gasteiger partial charge in [0.05, 0.1) is 11.1 Å². The van der Waals surface area contributed by atoms with Crippen LogP contribution >= 0.6 is 11.3 Å². The number of hydrogen-bond acceptors (Lipinski definition) is 6. The molecule has 0 aliphatic carbocycles. The summed E-state index contributed by atoms with van der Waals surface area (Å²) in [6.45, 7) is 2.31. The molecule has 2 aromatic rings. The van der Waals surface area contributed by atoms with Crippen LogP contribution in [0.3, 0.4) is 0 Å². The average molecular weight is 358 g/mol. The smallest absolute Gasteiger partial charge is 0.368 e. The van der Waals surface area contributed by atoms with Crippen LogP contribution in [0.4, 0.5) is 29.7 Å². The molecule has 0 atom stereocenters. The summed E-state index contributed by atoms with van der Waals surface area (Å²) < 4.78 is 37.9. The van der Waals surface area contributed by atoms with Crippen molar-refractivity contribution in [3.05, 3.63) is 45.5 Å². The summed E-state index contributed by atoms with van der Waals surface area (Å²) in [5.41, 5.74) is 0.884. The zero-order chi connectivity index (χ0) is 17.3. The summed E-state index contributed by atoms with van der Waals surface area (Å²) in [5, 5.41) is 11.0. The van der Waals surface area contributed by atoms with Gasteiger partial charge in [0.2, 0.25) is 0 Å². The first-order valence-electron chi connectivity index (χ1n) is 7.12. The lowest BCUT2D eigenvalue weighted by atomic mass is 10.2. The van der Waals surface area contributed by atoms with Gasteiger partial charge in [-0.05, 0) is 12.1 Å². The second kappa shape index (κ2) is 6.27. The fourth-order valence-electron chi connectivity index (χ4n) is 2.48. The van der Waals surface area contributed by atoms with Crippen LogP contribution in [-0.2, 0) is 6.18 Å². The van der Waals surface area contributed by atoms with Crippen molar-refractivity contribution in [2.24, 2.45) is 0 Å². The van der Waals surface area contributed by atoms with E-state index in [1.54, 1.807) is 12.1 Å². The summed E-state index contributed by atoms with van der Waals surface area (Å²) in [4.78, 5) is 17.2. The van der Waals surface area contributed by atoms with Crippen LogP contribution in [0.1, 0.15) is 4.88 Å². The number of halogens is 3. The molecule has 0 N–H and O–H groups in total. The number of nitro benzene ring substituents is 1. The summed E-state index contributed by atoms with van der Waals surface area (Å²) in [7, 11) is 0. The quantitative estimate of drug-likeness (QED) is 0.622. The summed E-state index contributed by atoms with van der Waals surface area (Å²) in [6.07, 6.45) is -3.50. The third-order valence-electron chi connectivity index (χ3n) is 3.75. The molecule has 128 valence electrons. The van der Waals surface area contributed by atoms with Gasteiger partial charge in [-0.1, -0.05) is 11.3 Å². The van der Waals surface area contributed by atoms with Gasteiger partial charge in [0.1, 0.15) is 4.88 Å². The molecule has 1 aliphatic heterocycles. The van der Waals surface area contributed by atoms with Crippen LogP contribution in [0, 0.1) is 10.1 Å². The number of nitro groups is 1.